The molecule has 0 saturated heterocycles. The minimum Gasteiger partial charge on any atom is -0.395 e. The first-order valence-electron chi connectivity index (χ1n) is 5.25. The molecule has 0 heterocycles. The van der Waals surface area contributed by atoms with Crippen molar-refractivity contribution < 1.29 is 13.5 Å². The predicted octanol–water partition coefficient (Wildman–Crippen LogP) is 1.14. The molecule has 0 unspecified atom stereocenters. The van der Waals surface area contributed by atoms with Gasteiger partial charge >= 0.3 is 0 Å². The summed E-state index contributed by atoms with van der Waals surface area (Å²) < 4.78 is 23.5. The van der Waals surface area contributed by atoms with E-state index in [-0.39, 0.29) is 5.75 Å². The van der Waals surface area contributed by atoms with Crippen LogP contribution in [0.15, 0.2) is 24.3 Å². The lowest BCUT2D eigenvalue weighted by molar-refractivity contribution is 0.277. The smallest absolute Gasteiger partial charge is 0.157 e. The molecule has 1 rings (SSSR count). The van der Waals surface area contributed by atoms with Crippen LogP contribution in [-0.2, 0) is 9.84 Å². The highest BCUT2D eigenvalue weighted by atomic mass is 35.5. The average molecular weight is 278 g/mol. The Morgan fingerprint density at radius 2 is 1.88 bits per heavy atom. The van der Waals surface area contributed by atoms with E-state index < -0.39 is 27.7 Å². The van der Waals surface area contributed by atoms with Crippen molar-refractivity contribution in [1.29, 1.82) is 0 Å². The van der Waals surface area contributed by atoms with Gasteiger partial charge in [-0.05, 0) is 17.7 Å². The molecule has 2 atom stereocenters. The fourth-order valence-electron chi connectivity index (χ4n) is 1.56. The Balaban J connectivity index is 3.02. The van der Waals surface area contributed by atoms with Gasteiger partial charge in [-0.3, -0.25) is 0 Å². The van der Waals surface area contributed by atoms with Crippen molar-refractivity contribution in [2.45, 2.75) is 18.2 Å². The molecule has 0 saturated carbocycles. The van der Waals surface area contributed by atoms with Gasteiger partial charge < -0.3 is 10.8 Å². The third kappa shape index (κ3) is 3.42. The van der Waals surface area contributed by atoms with Gasteiger partial charge in [0.15, 0.2) is 9.84 Å². The van der Waals surface area contributed by atoms with Crippen molar-refractivity contribution in [2.75, 3.05) is 12.4 Å². The zero-order valence-electron chi connectivity index (χ0n) is 9.51. The van der Waals surface area contributed by atoms with E-state index in [1.54, 1.807) is 24.3 Å². The molecule has 0 bridgehead atoms. The second-order valence-corrected chi connectivity index (χ2v) is 6.69. The van der Waals surface area contributed by atoms with E-state index in [2.05, 4.69) is 0 Å². The predicted molar refractivity (Wildman–Crippen MR) is 68.7 cm³/mol. The summed E-state index contributed by atoms with van der Waals surface area (Å²) in [7, 11) is -3.38. The largest absolute Gasteiger partial charge is 0.395 e. The number of nitrogens with two attached hydrogens (primary N) is 1. The second kappa shape index (κ2) is 5.82. The Morgan fingerprint density at radius 1 is 1.35 bits per heavy atom. The van der Waals surface area contributed by atoms with Crippen molar-refractivity contribution in [3.8, 4) is 0 Å². The summed E-state index contributed by atoms with van der Waals surface area (Å²) in [4.78, 5) is 0. The van der Waals surface area contributed by atoms with Crippen molar-refractivity contribution in [1.82, 2.24) is 0 Å². The summed E-state index contributed by atoms with van der Waals surface area (Å²) in [6.45, 7) is 1.05. The molecule has 1 aromatic rings. The molecule has 96 valence electrons. The number of rotatable bonds is 5. The number of hydrogen-bond donors (Lipinski definition) is 2. The van der Waals surface area contributed by atoms with Crippen molar-refractivity contribution in [3.63, 3.8) is 0 Å². The molecule has 0 aliphatic carbocycles. The van der Waals surface area contributed by atoms with Crippen LogP contribution < -0.4 is 5.73 Å². The maximum absolute atomic E-state index is 11.7. The van der Waals surface area contributed by atoms with Crippen LogP contribution in [0.1, 0.15) is 18.5 Å². The molecule has 0 aliphatic heterocycles. The molecule has 0 aliphatic rings. The van der Waals surface area contributed by atoms with Gasteiger partial charge in [-0.15, -0.1) is 0 Å². The topological polar surface area (TPSA) is 80.4 Å². The fraction of sp³-hybridized carbons (Fsp3) is 0.455. The first kappa shape index (κ1) is 14.4. The lowest BCUT2D eigenvalue weighted by atomic mass is 10.1. The number of aliphatic hydroxyl groups excluding tert-OH is 1. The summed E-state index contributed by atoms with van der Waals surface area (Å²) in [5, 5.41) is 8.77. The van der Waals surface area contributed by atoms with E-state index >= 15 is 0 Å². The third-order valence-electron chi connectivity index (χ3n) is 2.70. The number of sulfone groups is 1. The van der Waals surface area contributed by atoms with E-state index in [1.165, 1.54) is 6.92 Å². The standard InChI is InChI=1S/C11H16ClNO3S/c1-2-17(15,16)10(7-14)11(13)8-3-5-9(12)6-4-8/h3-6,10-11,14H,2,7,13H2,1H3/t10-,11-/m0/s1. The molecule has 0 spiro atoms. The van der Waals surface area contributed by atoms with Gasteiger partial charge in [0.05, 0.1) is 6.61 Å². The van der Waals surface area contributed by atoms with Crippen LogP contribution >= 0.6 is 11.6 Å². The summed E-state index contributed by atoms with van der Waals surface area (Å²) in [6.07, 6.45) is 0. The highest BCUT2D eigenvalue weighted by molar-refractivity contribution is 7.92. The lowest BCUT2D eigenvalue weighted by Crippen LogP contribution is -2.37. The van der Waals surface area contributed by atoms with Crippen LogP contribution in [0.5, 0.6) is 0 Å². The maximum Gasteiger partial charge on any atom is 0.157 e. The summed E-state index contributed by atoms with van der Waals surface area (Å²) in [5.74, 6) is -0.0421. The lowest BCUT2D eigenvalue weighted by Gasteiger charge is -2.21. The fourth-order valence-corrected chi connectivity index (χ4v) is 2.95. The minimum atomic E-state index is -3.38. The molecule has 0 aromatic heterocycles. The van der Waals surface area contributed by atoms with Gasteiger partial charge in [-0.25, -0.2) is 8.42 Å². The van der Waals surface area contributed by atoms with Crippen LogP contribution in [0, 0.1) is 0 Å². The van der Waals surface area contributed by atoms with Gasteiger partial charge in [0.1, 0.15) is 5.25 Å². The first-order chi connectivity index (χ1) is 7.92. The Bertz CT molecular complexity index is 458. The summed E-state index contributed by atoms with van der Waals surface area (Å²) >= 11 is 5.74. The quantitative estimate of drug-likeness (QED) is 0.846. The highest BCUT2D eigenvalue weighted by Crippen LogP contribution is 2.22. The second-order valence-electron chi connectivity index (χ2n) is 3.75. The van der Waals surface area contributed by atoms with E-state index in [1.807, 2.05) is 0 Å². The van der Waals surface area contributed by atoms with E-state index in [0.717, 1.165) is 0 Å². The maximum atomic E-state index is 11.7. The van der Waals surface area contributed by atoms with Crippen LogP contribution in [0.4, 0.5) is 0 Å². The molecule has 0 amide bonds. The van der Waals surface area contributed by atoms with Gasteiger partial charge in [-0.1, -0.05) is 30.7 Å². The van der Waals surface area contributed by atoms with E-state index in [0.29, 0.717) is 10.6 Å². The molecule has 6 heteroatoms. The van der Waals surface area contributed by atoms with E-state index in [4.69, 9.17) is 17.3 Å². The highest BCUT2D eigenvalue weighted by Gasteiger charge is 2.30. The molecule has 0 radical (unpaired) electrons. The number of halogens is 1. The number of aliphatic hydroxyl groups is 1. The molecule has 3 N–H and O–H groups in total. The van der Waals surface area contributed by atoms with Crippen LogP contribution in [0.2, 0.25) is 5.02 Å². The van der Waals surface area contributed by atoms with Crippen molar-refractivity contribution in [2.24, 2.45) is 5.73 Å². The third-order valence-corrected chi connectivity index (χ3v) is 5.12. The van der Waals surface area contributed by atoms with Gasteiger partial charge in [0.2, 0.25) is 0 Å². The van der Waals surface area contributed by atoms with Crippen molar-refractivity contribution >= 4 is 21.4 Å². The zero-order valence-corrected chi connectivity index (χ0v) is 11.1. The van der Waals surface area contributed by atoms with E-state index in [9.17, 15) is 13.5 Å². The number of hydrogen-bond acceptors (Lipinski definition) is 4. The van der Waals surface area contributed by atoms with Gasteiger partial charge in [0.25, 0.3) is 0 Å². The zero-order chi connectivity index (χ0) is 13.1. The summed E-state index contributed by atoms with van der Waals surface area (Å²) in [6, 6.07) is 5.87. The SMILES string of the molecule is CCS(=O)(=O)[C@@H](CO)[C@@H](N)c1ccc(Cl)cc1. The Labute approximate surface area is 106 Å². The molecule has 17 heavy (non-hydrogen) atoms. The molecule has 0 fully saturated rings. The molecule has 1 aromatic carbocycles. The molecule has 4 nitrogen and oxygen atoms in total. The van der Waals surface area contributed by atoms with Crippen LogP contribution in [0.3, 0.4) is 0 Å². The van der Waals surface area contributed by atoms with Crippen LogP contribution in [0.25, 0.3) is 0 Å². The Morgan fingerprint density at radius 3 is 2.29 bits per heavy atom. The molecular formula is C11H16ClNO3S. The van der Waals surface area contributed by atoms with Crippen molar-refractivity contribution in [3.05, 3.63) is 34.9 Å². The molecular weight excluding hydrogens is 262 g/mol. The minimum absolute atomic E-state index is 0.0421. The normalized spacial score (nSPS) is 15.5. The van der Waals surface area contributed by atoms with Crippen LogP contribution in [-0.4, -0.2) is 31.1 Å². The number of benzene rings is 1. The Kier molecular flexibility index (Phi) is 4.94. The van der Waals surface area contributed by atoms with Gasteiger partial charge in [0, 0.05) is 16.8 Å². The first-order valence-corrected chi connectivity index (χ1v) is 7.35. The van der Waals surface area contributed by atoms with Gasteiger partial charge in [-0.2, -0.15) is 0 Å². The monoisotopic (exact) mass is 277 g/mol. The summed E-state index contributed by atoms with van der Waals surface area (Å²) in [5.41, 5.74) is 6.52. The average Bonchev–Trinajstić information content (AvgIpc) is 2.30. The Hall–Kier alpha value is -0.620.